The maximum atomic E-state index is 12.2. The maximum absolute atomic E-state index is 12.2. The van der Waals surface area contributed by atoms with Crippen LogP contribution in [0.25, 0.3) is 0 Å². The van der Waals surface area contributed by atoms with Gasteiger partial charge in [-0.05, 0) is 32.1 Å². The molecule has 2 saturated carbocycles. The Labute approximate surface area is 120 Å². The molecule has 6 heteroatoms. The fraction of sp³-hybridized carbons (Fsp3) is 0.846. The van der Waals surface area contributed by atoms with Crippen LogP contribution in [0.5, 0.6) is 0 Å². The Hall–Kier alpha value is -0.810. The molecule has 0 saturated heterocycles. The first-order chi connectivity index (χ1) is 8.57. The molecule has 3 N–H and O–H groups in total. The fourth-order valence-electron chi connectivity index (χ4n) is 3.15. The van der Waals surface area contributed by atoms with Crippen LogP contribution in [-0.4, -0.2) is 30.6 Å². The number of amides is 1. The van der Waals surface area contributed by atoms with Crippen LogP contribution in [0.3, 0.4) is 0 Å². The topological polar surface area (TPSA) is 81.4 Å². The smallest absolute Gasteiger partial charge is 0.331 e. The van der Waals surface area contributed by atoms with E-state index in [-0.39, 0.29) is 36.2 Å². The van der Waals surface area contributed by atoms with Gasteiger partial charge in [-0.15, -0.1) is 12.4 Å². The molecule has 0 aliphatic heterocycles. The number of halogens is 1. The molecule has 2 rings (SSSR count). The summed E-state index contributed by atoms with van der Waals surface area (Å²) >= 11 is 0. The average molecular weight is 291 g/mol. The van der Waals surface area contributed by atoms with E-state index in [1.807, 2.05) is 0 Å². The molecule has 0 spiro atoms. The first kappa shape index (κ1) is 16.2. The lowest BCUT2D eigenvalue weighted by Gasteiger charge is -2.28. The molecule has 0 bridgehead atoms. The molecular weight excluding hydrogens is 268 g/mol. The molecule has 0 heterocycles. The van der Waals surface area contributed by atoms with Gasteiger partial charge in [0.05, 0.1) is 7.11 Å². The zero-order chi connectivity index (χ0) is 13.2. The van der Waals surface area contributed by atoms with Crippen LogP contribution >= 0.6 is 12.4 Å². The van der Waals surface area contributed by atoms with E-state index in [0.29, 0.717) is 12.8 Å². The van der Waals surface area contributed by atoms with E-state index < -0.39 is 5.54 Å². The zero-order valence-electron chi connectivity index (χ0n) is 11.3. The van der Waals surface area contributed by atoms with Gasteiger partial charge in [0.25, 0.3) is 0 Å². The van der Waals surface area contributed by atoms with E-state index in [2.05, 4.69) is 5.32 Å². The van der Waals surface area contributed by atoms with E-state index in [1.54, 1.807) is 0 Å². The lowest BCUT2D eigenvalue weighted by molar-refractivity contribution is -0.151. The van der Waals surface area contributed by atoms with Gasteiger partial charge >= 0.3 is 5.97 Å². The minimum atomic E-state index is -0.779. The van der Waals surface area contributed by atoms with E-state index in [0.717, 1.165) is 32.1 Å². The molecule has 5 nitrogen and oxygen atoms in total. The van der Waals surface area contributed by atoms with Crippen LogP contribution in [0.1, 0.15) is 44.9 Å². The molecule has 2 atom stereocenters. The second-order valence-corrected chi connectivity index (χ2v) is 5.54. The highest BCUT2D eigenvalue weighted by Gasteiger charge is 2.45. The molecule has 2 aliphatic carbocycles. The molecule has 2 fully saturated rings. The summed E-state index contributed by atoms with van der Waals surface area (Å²) in [6.07, 6.45) is 5.73. The standard InChI is InChI=1S/C13H22N2O3.ClH/c1-18-12(17)13(6-2-3-7-13)15-11(16)9-4-5-10(14)8-9;/h9-10H,2-8,14H2,1H3,(H,15,16);1H. The quantitative estimate of drug-likeness (QED) is 0.764. The van der Waals surface area contributed by atoms with Crippen molar-refractivity contribution >= 4 is 24.3 Å². The van der Waals surface area contributed by atoms with E-state index in [1.165, 1.54) is 7.11 Å². The molecule has 2 aliphatic rings. The zero-order valence-corrected chi connectivity index (χ0v) is 12.1. The number of hydrogen-bond donors (Lipinski definition) is 2. The summed E-state index contributed by atoms with van der Waals surface area (Å²) < 4.78 is 4.84. The molecule has 0 aromatic rings. The van der Waals surface area contributed by atoms with E-state index >= 15 is 0 Å². The highest BCUT2D eigenvalue weighted by molar-refractivity contribution is 5.89. The predicted octanol–water partition coefficient (Wildman–Crippen LogP) is 1.14. The van der Waals surface area contributed by atoms with Crippen LogP contribution in [0.4, 0.5) is 0 Å². The number of rotatable bonds is 3. The van der Waals surface area contributed by atoms with Crippen molar-refractivity contribution in [3.05, 3.63) is 0 Å². The Morgan fingerprint density at radius 2 is 1.89 bits per heavy atom. The molecule has 1 amide bonds. The van der Waals surface area contributed by atoms with Gasteiger partial charge in [0, 0.05) is 12.0 Å². The summed E-state index contributed by atoms with van der Waals surface area (Å²) in [6.45, 7) is 0. The Kier molecular flexibility index (Phi) is 5.62. The van der Waals surface area contributed by atoms with Gasteiger partial charge in [0.15, 0.2) is 0 Å². The molecular formula is C13H23ClN2O3. The summed E-state index contributed by atoms with van der Waals surface area (Å²) in [7, 11) is 1.38. The first-order valence-electron chi connectivity index (χ1n) is 6.73. The number of ether oxygens (including phenoxy) is 1. The number of esters is 1. The van der Waals surface area contributed by atoms with Gasteiger partial charge in [-0.25, -0.2) is 4.79 Å². The summed E-state index contributed by atoms with van der Waals surface area (Å²) in [5.74, 6) is -0.381. The van der Waals surface area contributed by atoms with Gasteiger partial charge in [0.2, 0.25) is 5.91 Å². The molecule has 0 aromatic heterocycles. The summed E-state index contributed by atoms with van der Waals surface area (Å²) in [5.41, 5.74) is 5.04. The lowest BCUT2D eigenvalue weighted by atomic mass is 9.95. The number of hydrogen-bond acceptors (Lipinski definition) is 4. The predicted molar refractivity (Wildman–Crippen MR) is 73.9 cm³/mol. The van der Waals surface area contributed by atoms with Gasteiger partial charge in [-0.1, -0.05) is 12.8 Å². The van der Waals surface area contributed by atoms with E-state index in [4.69, 9.17) is 10.5 Å². The Morgan fingerprint density at radius 3 is 2.37 bits per heavy atom. The fourth-order valence-corrected chi connectivity index (χ4v) is 3.15. The number of methoxy groups -OCH3 is 1. The SMILES string of the molecule is COC(=O)C1(NC(=O)C2CCC(N)C2)CCCC1.Cl. The van der Waals surface area contributed by atoms with Crippen molar-refractivity contribution in [1.82, 2.24) is 5.32 Å². The van der Waals surface area contributed by atoms with Gasteiger partial charge in [-0.3, -0.25) is 4.79 Å². The van der Waals surface area contributed by atoms with Crippen molar-refractivity contribution in [2.24, 2.45) is 11.7 Å². The highest BCUT2D eigenvalue weighted by Crippen LogP contribution is 2.32. The third-order valence-corrected chi connectivity index (χ3v) is 4.24. The minimum absolute atomic E-state index is 0. The lowest BCUT2D eigenvalue weighted by Crippen LogP contribution is -2.54. The van der Waals surface area contributed by atoms with Gasteiger partial charge < -0.3 is 15.8 Å². The third-order valence-electron chi connectivity index (χ3n) is 4.24. The Morgan fingerprint density at radius 1 is 1.26 bits per heavy atom. The number of nitrogens with two attached hydrogens (primary N) is 1. The Bertz CT molecular complexity index is 343. The van der Waals surface area contributed by atoms with E-state index in [9.17, 15) is 9.59 Å². The normalized spacial score (nSPS) is 28.5. The number of carbonyl (C=O) groups excluding carboxylic acids is 2. The summed E-state index contributed by atoms with van der Waals surface area (Å²) in [4.78, 5) is 24.1. The molecule has 19 heavy (non-hydrogen) atoms. The van der Waals surface area contributed by atoms with Crippen LogP contribution < -0.4 is 11.1 Å². The molecule has 2 unspecified atom stereocenters. The second kappa shape index (κ2) is 6.57. The van der Waals surface area contributed by atoms with Crippen molar-refractivity contribution in [1.29, 1.82) is 0 Å². The average Bonchev–Trinajstić information content (AvgIpc) is 2.98. The van der Waals surface area contributed by atoms with Gasteiger partial charge in [-0.2, -0.15) is 0 Å². The first-order valence-corrected chi connectivity index (χ1v) is 6.73. The van der Waals surface area contributed by atoms with Crippen LogP contribution in [0, 0.1) is 5.92 Å². The van der Waals surface area contributed by atoms with Crippen molar-refractivity contribution < 1.29 is 14.3 Å². The van der Waals surface area contributed by atoms with Gasteiger partial charge in [0.1, 0.15) is 5.54 Å². The summed E-state index contributed by atoms with van der Waals surface area (Å²) in [6, 6.07) is 0.124. The number of carbonyl (C=O) groups is 2. The second-order valence-electron chi connectivity index (χ2n) is 5.54. The minimum Gasteiger partial charge on any atom is -0.467 e. The highest BCUT2D eigenvalue weighted by atomic mass is 35.5. The molecule has 0 radical (unpaired) electrons. The largest absolute Gasteiger partial charge is 0.467 e. The van der Waals surface area contributed by atoms with Crippen molar-refractivity contribution in [2.45, 2.75) is 56.5 Å². The third kappa shape index (κ3) is 3.39. The molecule has 110 valence electrons. The maximum Gasteiger partial charge on any atom is 0.331 e. The van der Waals surface area contributed by atoms with Crippen LogP contribution in [-0.2, 0) is 14.3 Å². The van der Waals surface area contributed by atoms with Crippen LogP contribution in [0.15, 0.2) is 0 Å². The Balaban J connectivity index is 0.00000180. The van der Waals surface area contributed by atoms with Crippen molar-refractivity contribution in [3.63, 3.8) is 0 Å². The van der Waals surface area contributed by atoms with Crippen molar-refractivity contribution in [3.8, 4) is 0 Å². The monoisotopic (exact) mass is 290 g/mol. The van der Waals surface area contributed by atoms with Crippen LogP contribution in [0.2, 0.25) is 0 Å². The van der Waals surface area contributed by atoms with Crippen molar-refractivity contribution in [2.75, 3.05) is 7.11 Å². The number of nitrogens with one attached hydrogen (secondary N) is 1. The molecule has 0 aromatic carbocycles. The summed E-state index contributed by atoms with van der Waals surface area (Å²) in [5, 5.41) is 2.94.